The van der Waals surface area contributed by atoms with E-state index in [1.807, 2.05) is 11.6 Å². The number of nitrogens with one attached hydrogen (secondary N) is 1. The van der Waals surface area contributed by atoms with Crippen LogP contribution in [0.1, 0.15) is 24.4 Å². The van der Waals surface area contributed by atoms with Crippen molar-refractivity contribution < 1.29 is 0 Å². The number of piperidine rings is 1. The number of para-hydroxylation sites is 2. The predicted octanol–water partition coefficient (Wildman–Crippen LogP) is 3.47. The van der Waals surface area contributed by atoms with Gasteiger partial charge >= 0.3 is 0 Å². The van der Waals surface area contributed by atoms with Crippen molar-refractivity contribution in [3.05, 3.63) is 46.7 Å². The zero-order chi connectivity index (χ0) is 14.8. The molecule has 0 bridgehead atoms. The minimum Gasteiger partial charge on any atom is -0.342 e. The van der Waals surface area contributed by atoms with Crippen LogP contribution in [0.4, 0.5) is 0 Å². The molecule has 0 saturated carbocycles. The molecule has 3 aromatic rings. The third kappa shape index (κ3) is 3.05. The van der Waals surface area contributed by atoms with Gasteiger partial charge in [0.05, 0.1) is 22.2 Å². The van der Waals surface area contributed by atoms with Gasteiger partial charge in [0, 0.05) is 24.9 Å². The summed E-state index contributed by atoms with van der Waals surface area (Å²) in [6, 6.07) is 8.27. The minimum absolute atomic E-state index is 0.688. The van der Waals surface area contributed by atoms with E-state index in [9.17, 15) is 0 Å². The van der Waals surface area contributed by atoms with E-state index in [1.165, 1.54) is 25.1 Å². The summed E-state index contributed by atoms with van der Waals surface area (Å²) in [6.45, 7) is 3.32. The number of aromatic amines is 1. The average Bonchev–Trinajstić information content (AvgIpc) is 3.16. The monoisotopic (exact) mass is 312 g/mol. The molecule has 1 aromatic carbocycles. The summed E-state index contributed by atoms with van der Waals surface area (Å²) in [7, 11) is 0. The Labute approximate surface area is 134 Å². The Morgan fingerprint density at radius 3 is 3.14 bits per heavy atom. The third-order valence-electron chi connectivity index (χ3n) is 4.39. The van der Waals surface area contributed by atoms with Gasteiger partial charge in [-0.25, -0.2) is 9.97 Å². The van der Waals surface area contributed by atoms with Crippen LogP contribution >= 0.6 is 11.3 Å². The van der Waals surface area contributed by atoms with Gasteiger partial charge in [-0.2, -0.15) is 0 Å². The smallest absolute Gasteiger partial charge is 0.107 e. The molecular weight excluding hydrogens is 292 g/mol. The molecule has 1 N–H and O–H groups in total. The molecule has 4 rings (SSSR count). The lowest BCUT2D eigenvalue weighted by atomic mass is 9.94. The minimum atomic E-state index is 0.688. The van der Waals surface area contributed by atoms with Crippen molar-refractivity contribution in [3.63, 3.8) is 0 Å². The zero-order valence-electron chi connectivity index (χ0n) is 12.5. The van der Waals surface area contributed by atoms with Gasteiger partial charge in [-0.05, 0) is 37.4 Å². The van der Waals surface area contributed by atoms with E-state index in [0.717, 1.165) is 36.4 Å². The number of fused-ring (bicyclic) bond motifs is 1. The van der Waals surface area contributed by atoms with Crippen molar-refractivity contribution in [1.82, 2.24) is 19.9 Å². The van der Waals surface area contributed by atoms with Gasteiger partial charge in [0.1, 0.15) is 5.82 Å². The van der Waals surface area contributed by atoms with Crippen LogP contribution < -0.4 is 0 Å². The molecule has 1 saturated heterocycles. The van der Waals surface area contributed by atoms with Crippen LogP contribution in [-0.2, 0) is 13.0 Å². The van der Waals surface area contributed by atoms with E-state index in [1.54, 1.807) is 11.3 Å². The maximum absolute atomic E-state index is 4.72. The van der Waals surface area contributed by atoms with E-state index >= 15 is 0 Å². The molecule has 1 aliphatic heterocycles. The van der Waals surface area contributed by atoms with Crippen LogP contribution in [0.2, 0.25) is 0 Å². The summed E-state index contributed by atoms with van der Waals surface area (Å²) >= 11 is 1.68. The second-order valence-corrected chi connectivity index (χ2v) is 6.85. The number of imidazole rings is 1. The summed E-state index contributed by atoms with van der Waals surface area (Å²) in [5.74, 6) is 1.81. The van der Waals surface area contributed by atoms with Crippen LogP contribution in [0, 0.1) is 5.92 Å². The summed E-state index contributed by atoms with van der Waals surface area (Å²) < 4.78 is 0. The van der Waals surface area contributed by atoms with Crippen LogP contribution in [0.15, 0.2) is 35.2 Å². The van der Waals surface area contributed by atoms with Gasteiger partial charge in [0.2, 0.25) is 0 Å². The number of thiazole rings is 1. The first-order valence-corrected chi connectivity index (χ1v) is 8.84. The fraction of sp³-hybridized carbons (Fsp3) is 0.412. The van der Waals surface area contributed by atoms with Gasteiger partial charge in [0.25, 0.3) is 0 Å². The Kier molecular flexibility index (Phi) is 3.91. The molecule has 22 heavy (non-hydrogen) atoms. The van der Waals surface area contributed by atoms with Gasteiger partial charge in [-0.3, -0.25) is 4.90 Å². The van der Waals surface area contributed by atoms with Crippen molar-refractivity contribution in [1.29, 1.82) is 0 Å². The Morgan fingerprint density at radius 1 is 1.32 bits per heavy atom. The molecule has 2 aromatic heterocycles. The van der Waals surface area contributed by atoms with Gasteiger partial charge in [-0.15, -0.1) is 11.3 Å². The molecule has 0 amide bonds. The topological polar surface area (TPSA) is 44.8 Å². The number of hydrogen-bond acceptors (Lipinski definition) is 4. The van der Waals surface area contributed by atoms with Crippen molar-refractivity contribution in [2.24, 2.45) is 5.92 Å². The van der Waals surface area contributed by atoms with E-state index in [2.05, 4.69) is 38.4 Å². The highest BCUT2D eigenvalue weighted by atomic mass is 32.1. The highest BCUT2D eigenvalue weighted by molar-refractivity contribution is 7.07. The molecule has 4 nitrogen and oxygen atoms in total. The standard InChI is InChI=1S/C17H20N4S/c1-2-6-16-15(5-1)19-17(20-16)8-13-4-3-7-21(9-13)10-14-11-22-12-18-14/h1-2,5-6,11-13H,3-4,7-10H2,(H,19,20)/t13-/m1/s1. The Morgan fingerprint density at radius 2 is 2.27 bits per heavy atom. The zero-order valence-corrected chi connectivity index (χ0v) is 13.4. The molecule has 0 aliphatic carbocycles. The van der Waals surface area contributed by atoms with Gasteiger partial charge in [-0.1, -0.05) is 12.1 Å². The molecule has 1 atom stereocenters. The lowest BCUT2D eigenvalue weighted by Gasteiger charge is -2.31. The summed E-state index contributed by atoms with van der Waals surface area (Å²) in [4.78, 5) is 15.1. The van der Waals surface area contributed by atoms with Crippen molar-refractivity contribution in [2.45, 2.75) is 25.8 Å². The number of rotatable bonds is 4. The molecule has 0 radical (unpaired) electrons. The van der Waals surface area contributed by atoms with Crippen LogP contribution in [0.25, 0.3) is 11.0 Å². The second kappa shape index (κ2) is 6.18. The number of nitrogens with zero attached hydrogens (tertiary/aromatic N) is 3. The van der Waals surface area contributed by atoms with Crippen molar-refractivity contribution in [2.75, 3.05) is 13.1 Å². The Balaban J connectivity index is 1.41. The lowest BCUT2D eigenvalue weighted by Crippen LogP contribution is -2.35. The van der Waals surface area contributed by atoms with E-state index in [0.29, 0.717) is 5.92 Å². The first-order chi connectivity index (χ1) is 10.9. The molecule has 114 valence electrons. The number of H-pyrrole nitrogens is 1. The molecule has 0 spiro atoms. The van der Waals surface area contributed by atoms with Crippen molar-refractivity contribution >= 4 is 22.4 Å². The van der Waals surface area contributed by atoms with E-state index < -0.39 is 0 Å². The summed E-state index contributed by atoms with van der Waals surface area (Å²) in [5.41, 5.74) is 5.35. The first-order valence-electron chi connectivity index (χ1n) is 7.90. The maximum Gasteiger partial charge on any atom is 0.107 e. The number of aromatic nitrogens is 3. The molecule has 3 heterocycles. The van der Waals surface area contributed by atoms with Gasteiger partial charge in [0.15, 0.2) is 0 Å². The molecule has 5 heteroatoms. The van der Waals surface area contributed by atoms with Crippen molar-refractivity contribution in [3.8, 4) is 0 Å². The number of hydrogen-bond donors (Lipinski definition) is 1. The normalized spacial score (nSPS) is 19.7. The maximum atomic E-state index is 4.72. The van der Waals surface area contributed by atoms with Gasteiger partial charge < -0.3 is 4.98 Å². The summed E-state index contributed by atoms with van der Waals surface area (Å²) in [5, 5.41) is 2.16. The summed E-state index contributed by atoms with van der Waals surface area (Å²) in [6.07, 6.45) is 3.61. The second-order valence-electron chi connectivity index (χ2n) is 6.13. The fourth-order valence-electron chi connectivity index (χ4n) is 3.38. The van der Waals surface area contributed by atoms with E-state index in [4.69, 9.17) is 4.98 Å². The SMILES string of the molecule is c1ccc2[nH]c(C[C@H]3CCCN(Cc4cscn4)C3)nc2c1. The van der Waals surface area contributed by atoms with Crippen LogP contribution in [0.3, 0.4) is 0 Å². The Bertz CT molecular complexity index is 701. The highest BCUT2D eigenvalue weighted by Gasteiger charge is 2.21. The average molecular weight is 312 g/mol. The lowest BCUT2D eigenvalue weighted by molar-refractivity contribution is 0.164. The quantitative estimate of drug-likeness (QED) is 0.802. The molecule has 1 fully saturated rings. The highest BCUT2D eigenvalue weighted by Crippen LogP contribution is 2.22. The number of likely N-dealkylation sites (tertiary alicyclic amines) is 1. The Hall–Kier alpha value is -1.72. The number of benzene rings is 1. The fourth-order valence-corrected chi connectivity index (χ4v) is 3.93. The van der Waals surface area contributed by atoms with Crippen LogP contribution in [-0.4, -0.2) is 32.9 Å². The first kappa shape index (κ1) is 13.9. The van der Waals surface area contributed by atoms with E-state index in [-0.39, 0.29) is 0 Å². The molecule has 1 aliphatic rings. The molecular formula is C17H20N4S. The third-order valence-corrected chi connectivity index (χ3v) is 5.03. The largest absolute Gasteiger partial charge is 0.342 e. The molecule has 0 unspecified atom stereocenters. The van der Waals surface area contributed by atoms with Crippen LogP contribution in [0.5, 0.6) is 0 Å². The predicted molar refractivity (Wildman–Crippen MR) is 89.9 cm³/mol.